The average Bonchev–Trinajstić information content (AvgIpc) is 2.86. The van der Waals surface area contributed by atoms with Crippen LogP contribution in [0.4, 0.5) is 0 Å². The van der Waals surface area contributed by atoms with E-state index in [9.17, 15) is 4.79 Å². The molecule has 2 aliphatic heterocycles. The molecule has 4 heteroatoms. The molecule has 0 aliphatic carbocycles. The normalized spacial score (nSPS) is 27.9. The van der Waals surface area contributed by atoms with Crippen molar-refractivity contribution in [2.75, 3.05) is 26.2 Å². The number of carbonyl (C=O) groups excluding carboxylic acids is 1. The van der Waals surface area contributed by atoms with Crippen molar-refractivity contribution < 1.29 is 4.79 Å². The number of nitrogens with zero attached hydrogens (tertiary/aromatic N) is 2. The summed E-state index contributed by atoms with van der Waals surface area (Å²) in [5.41, 5.74) is 0.705. The smallest absolute Gasteiger partial charge is 0.255 e. The minimum absolute atomic E-state index is 0.128. The molecule has 3 rings (SSSR count). The van der Waals surface area contributed by atoms with Crippen LogP contribution in [0.15, 0.2) is 24.5 Å². The van der Waals surface area contributed by atoms with E-state index in [0.717, 1.165) is 38.5 Å². The van der Waals surface area contributed by atoms with Crippen LogP contribution >= 0.6 is 0 Å². The van der Waals surface area contributed by atoms with Crippen LogP contribution in [0.5, 0.6) is 0 Å². The highest BCUT2D eigenvalue weighted by Gasteiger charge is 2.34. The zero-order valence-corrected chi connectivity index (χ0v) is 9.80. The summed E-state index contributed by atoms with van der Waals surface area (Å²) in [4.78, 5) is 18.2. The molecule has 17 heavy (non-hydrogen) atoms. The van der Waals surface area contributed by atoms with Crippen molar-refractivity contribution in [1.29, 1.82) is 0 Å². The molecule has 1 amide bonds. The molecule has 3 heterocycles. The zero-order chi connectivity index (χ0) is 11.7. The highest BCUT2D eigenvalue weighted by molar-refractivity contribution is 5.93. The molecule has 1 aromatic rings. The van der Waals surface area contributed by atoms with E-state index >= 15 is 0 Å². The zero-order valence-electron chi connectivity index (χ0n) is 9.80. The van der Waals surface area contributed by atoms with Gasteiger partial charge >= 0.3 is 0 Å². The highest BCUT2D eigenvalue weighted by Crippen LogP contribution is 2.27. The predicted molar refractivity (Wildman–Crippen MR) is 64.6 cm³/mol. The van der Waals surface area contributed by atoms with Crippen LogP contribution < -0.4 is 5.32 Å². The van der Waals surface area contributed by atoms with E-state index in [4.69, 9.17) is 0 Å². The summed E-state index contributed by atoms with van der Waals surface area (Å²) in [5.74, 6) is 1.54. The molecular weight excluding hydrogens is 214 g/mol. The monoisotopic (exact) mass is 231 g/mol. The molecule has 4 nitrogen and oxygen atoms in total. The van der Waals surface area contributed by atoms with Gasteiger partial charge in [-0.15, -0.1) is 0 Å². The SMILES string of the molecule is O=C(c1cccnc1)N1CCC2CNCC2C1. The third-order valence-electron chi connectivity index (χ3n) is 3.90. The first-order chi connectivity index (χ1) is 8.34. The Morgan fingerprint density at radius 3 is 3.12 bits per heavy atom. The molecule has 0 spiro atoms. The lowest BCUT2D eigenvalue weighted by atomic mass is 9.88. The number of rotatable bonds is 1. The highest BCUT2D eigenvalue weighted by atomic mass is 16.2. The Labute approximate surface area is 101 Å². The number of fused-ring (bicyclic) bond motifs is 1. The molecule has 90 valence electrons. The number of amides is 1. The Kier molecular flexibility index (Phi) is 2.81. The first kappa shape index (κ1) is 10.7. The predicted octanol–water partition coefficient (Wildman–Crippen LogP) is 0.763. The molecule has 0 radical (unpaired) electrons. The van der Waals surface area contributed by atoms with Crippen LogP contribution in [-0.2, 0) is 0 Å². The van der Waals surface area contributed by atoms with Gasteiger partial charge in [0.1, 0.15) is 0 Å². The Morgan fingerprint density at radius 1 is 1.41 bits per heavy atom. The van der Waals surface area contributed by atoms with Gasteiger partial charge in [-0.3, -0.25) is 9.78 Å². The topological polar surface area (TPSA) is 45.2 Å². The van der Waals surface area contributed by atoms with Gasteiger partial charge in [-0.05, 0) is 43.5 Å². The fraction of sp³-hybridized carbons (Fsp3) is 0.538. The number of pyridine rings is 1. The van der Waals surface area contributed by atoms with Crippen LogP contribution in [0.3, 0.4) is 0 Å². The lowest BCUT2D eigenvalue weighted by Gasteiger charge is -2.34. The standard InChI is InChI=1S/C13H17N3O/c17-13(11-2-1-4-14-7-11)16-5-3-10-6-15-8-12(10)9-16/h1-2,4,7,10,12,15H,3,5-6,8-9H2. The van der Waals surface area contributed by atoms with Crippen LogP contribution in [0.1, 0.15) is 16.8 Å². The van der Waals surface area contributed by atoms with Gasteiger partial charge in [0.15, 0.2) is 0 Å². The van der Waals surface area contributed by atoms with E-state index in [2.05, 4.69) is 10.3 Å². The third-order valence-corrected chi connectivity index (χ3v) is 3.90. The second-order valence-corrected chi connectivity index (χ2v) is 4.96. The molecule has 0 bridgehead atoms. The lowest BCUT2D eigenvalue weighted by Crippen LogP contribution is -2.43. The molecule has 2 saturated heterocycles. The number of nitrogens with one attached hydrogen (secondary N) is 1. The van der Waals surface area contributed by atoms with Crippen molar-refractivity contribution in [1.82, 2.24) is 15.2 Å². The summed E-state index contributed by atoms with van der Waals surface area (Å²) >= 11 is 0. The number of hydrogen-bond acceptors (Lipinski definition) is 3. The molecule has 0 saturated carbocycles. The maximum absolute atomic E-state index is 12.3. The molecule has 0 aromatic carbocycles. The number of carbonyl (C=O) groups is 1. The molecule has 1 N–H and O–H groups in total. The summed E-state index contributed by atoms with van der Waals surface area (Å²) < 4.78 is 0. The summed E-state index contributed by atoms with van der Waals surface area (Å²) in [6, 6.07) is 3.66. The molecule has 1 aromatic heterocycles. The number of piperidine rings is 1. The van der Waals surface area contributed by atoms with Gasteiger partial charge in [-0.2, -0.15) is 0 Å². The van der Waals surface area contributed by atoms with Crippen molar-refractivity contribution in [3.63, 3.8) is 0 Å². The molecular formula is C13H17N3O. The first-order valence-electron chi connectivity index (χ1n) is 6.24. The van der Waals surface area contributed by atoms with E-state index in [1.807, 2.05) is 17.0 Å². The summed E-state index contributed by atoms with van der Waals surface area (Å²) in [7, 11) is 0. The van der Waals surface area contributed by atoms with Gasteiger partial charge in [0.25, 0.3) is 5.91 Å². The summed E-state index contributed by atoms with van der Waals surface area (Å²) in [6.45, 7) is 3.96. The quantitative estimate of drug-likeness (QED) is 0.776. The maximum Gasteiger partial charge on any atom is 0.255 e. The Balaban J connectivity index is 1.71. The van der Waals surface area contributed by atoms with Gasteiger partial charge in [0.2, 0.25) is 0 Å². The Hall–Kier alpha value is -1.42. The number of aromatic nitrogens is 1. The summed E-state index contributed by atoms with van der Waals surface area (Å²) in [5, 5.41) is 3.41. The fourth-order valence-electron chi connectivity index (χ4n) is 2.89. The molecule has 2 atom stereocenters. The van der Waals surface area contributed by atoms with Gasteiger partial charge in [-0.1, -0.05) is 0 Å². The third kappa shape index (κ3) is 2.05. The fourth-order valence-corrected chi connectivity index (χ4v) is 2.89. The van der Waals surface area contributed by atoms with E-state index in [0.29, 0.717) is 11.5 Å². The average molecular weight is 231 g/mol. The largest absolute Gasteiger partial charge is 0.338 e. The minimum Gasteiger partial charge on any atom is -0.338 e. The second kappa shape index (κ2) is 4.45. The van der Waals surface area contributed by atoms with Crippen LogP contribution in [0.2, 0.25) is 0 Å². The van der Waals surface area contributed by atoms with Gasteiger partial charge in [0, 0.05) is 25.5 Å². The number of hydrogen-bond donors (Lipinski definition) is 1. The van der Waals surface area contributed by atoms with E-state index in [-0.39, 0.29) is 5.91 Å². The van der Waals surface area contributed by atoms with Crippen molar-refractivity contribution >= 4 is 5.91 Å². The minimum atomic E-state index is 0.128. The van der Waals surface area contributed by atoms with Crippen LogP contribution in [-0.4, -0.2) is 42.0 Å². The Bertz CT molecular complexity index is 406. The van der Waals surface area contributed by atoms with Gasteiger partial charge in [-0.25, -0.2) is 0 Å². The molecule has 2 unspecified atom stereocenters. The van der Waals surface area contributed by atoms with E-state index in [1.165, 1.54) is 0 Å². The van der Waals surface area contributed by atoms with E-state index < -0.39 is 0 Å². The van der Waals surface area contributed by atoms with Gasteiger partial charge < -0.3 is 10.2 Å². The molecule has 2 aliphatic rings. The molecule has 2 fully saturated rings. The Morgan fingerprint density at radius 2 is 2.29 bits per heavy atom. The maximum atomic E-state index is 12.3. The van der Waals surface area contributed by atoms with Crippen molar-refractivity contribution in [3.05, 3.63) is 30.1 Å². The van der Waals surface area contributed by atoms with Crippen LogP contribution in [0, 0.1) is 11.8 Å². The van der Waals surface area contributed by atoms with Gasteiger partial charge in [0.05, 0.1) is 5.56 Å². The summed E-state index contributed by atoms with van der Waals surface area (Å²) in [6.07, 6.45) is 4.48. The van der Waals surface area contributed by atoms with Crippen molar-refractivity contribution in [3.8, 4) is 0 Å². The van der Waals surface area contributed by atoms with Crippen molar-refractivity contribution in [2.24, 2.45) is 11.8 Å². The second-order valence-electron chi connectivity index (χ2n) is 4.96. The lowest BCUT2D eigenvalue weighted by molar-refractivity contribution is 0.0642. The van der Waals surface area contributed by atoms with E-state index in [1.54, 1.807) is 12.4 Å². The first-order valence-corrected chi connectivity index (χ1v) is 6.24. The van der Waals surface area contributed by atoms with Crippen LogP contribution in [0.25, 0.3) is 0 Å². The van der Waals surface area contributed by atoms with Crippen molar-refractivity contribution in [2.45, 2.75) is 6.42 Å². The number of likely N-dealkylation sites (tertiary alicyclic amines) is 1.